The second kappa shape index (κ2) is 9.63. The monoisotopic (exact) mass is 462 g/mol. The summed E-state index contributed by atoms with van der Waals surface area (Å²) in [5, 5.41) is 3.31. The largest absolute Gasteiger partial charge is 0.481 e. The molecule has 0 atom stereocenters. The zero-order chi connectivity index (χ0) is 22.4. The number of rotatable bonds is 8. The first-order valence-corrected chi connectivity index (χ1v) is 10.8. The molecule has 162 valence electrons. The Bertz CT molecular complexity index is 1150. The summed E-state index contributed by atoms with van der Waals surface area (Å²) in [5.41, 5.74) is 1.27. The molecular weight excluding hydrogens is 444 g/mol. The van der Waals surface area contributed by atoms with Gasteiger partial charge in [-0.25, -0.2) is 8.42 Å². The zero-order valence-corrected chi connectivity index (χ0v) is 18.2. The molecule has 3 aromatic rings. The first-order chi connectivity index (χ1) is 14.8. The van der Waals surface area contributed by atoms with Crippen LogP contribution in [0.4, 0.5) is 11.5 Å². The molecule has 0 saturated carbocycles. The van der Waals surface area contributed by atoms with Crippen LogP contribution in [0.1, 0.15) is 5.56 Å². The molecule has 0 aliphatic rings. The molecule has 0 spiro atoms. The number of anilines is 2. The molecule has 0 radical (unpaired) electrons. The van der Waals surface area contributed by atoms with Crippen molar-refractivity contribution in [3.05, 3.63) is 65.2 Å². The van der Waals surface area contributed by atoms with Gasteiger partial charge in [-0.1, -0.05) is 23.7 Å². The summed E-state index contributed by atoms with van der Waals surface area (Å²) in [4.78, 5) is 20.0. The fourth-order valence-electron chi connectivity index (χ4n) is 2.56. The number of halogens is 1. The molecule has 2 aromatic carbocycles. The van der Waals surface area contributed by atoms with Crippen LogP contribution in [0.5, 0.6) is 11.9 Å². The highest BCUT2D eigenvalue weighted by atomic mass is 35.5. The quantitative estimate of drug-likeness (QED) is 0.527. The van der Waals surface area contributed by atoms with Crippen molar-refractivity contribution < 1.29 is 22.7 Å². The van der Waals surface area contributed by atoms with Crippen LogP contribution in [0.25, 0.3) is 0 Å². The predicted octanol–water partition coefficient (Wildman–Crippen LogP) is 3.13. The van der Waals surface area contributed by atoms with Crippen molar-refractivity contribution in [2.24, 2.45) is 0 Å². The van der Waals surface area contributed by atoms with Gasteiger partial charge in [-0.05, 0) is 42.0 Å². The van der Waals surface area contributed by atoms with Gasteiger partial charge in [0.1, 0.15) is 0 Å². The topological polar surface area (TPSA) is 120 Å². The van der Waals surface area contributed by atoms with Crippen molar-refractivity contribution in [3.63, 3.8) is 0 Å². The van der Waals surface area contributed by atoms with Gasteiger partial charge in [0.2, 0.25) is 11.8 Å². The number of benzene rings is 2. The molecule has 0 bridgehead atoms. The first-order valence-electron chi connectivity index (χ1n) is 8.93. The highest BCUT2D eigenvalue weighted by Gasteiger charge is 2.17. The summed E-state index contributed by atoms with van der Waals surface area (Å²) in [6.45, 7) is 0. The molecular formula is C20H19ClN4O5S. The van der Waals surface area contributed by atoms with Crippen LogP contribution in [0.3, 0.4) is 0 Å². The molecule has 0 aliphatic heterocycles. The summed E-state index contributed by atoms with van der Waals surface area (Å²) < 4.78 is 37.6. The van der Waals surface area contributed by atoms with Gasteiger partial charge in [0, 0.05) is 16.8 Å². The average molecular weight is 463 g/mol. The lowest BCUT2D eigenvalue weighted by molar-refractivity contribution is -0.115. The third-order valence-electron chi connectivity index (χ3n) is 4.04. The highest BCUT2D eigenvalue weighted by Crippen LogP contribution is 2.21. The predicted molar refractivity (Wildman–Crippen MR) is 116 cm³/mol. The minimum absolute atomic E-state index is 0.0101. The summed E-state index contributed by atoms with van der Waals surface area (Å²) in [6, 6.07) is 14.0. The first kappa shape index (κ1) is 22.3. The van der Waals surface area contributed by atoms with Crippen LogP contribution in [0.15, 0.2) is 59.5 Å². The van der Waals surface area contributed by atoms with E-state index in [1.807, 2.05) is 0 Å². The zero-order valence-electron chi connectivity index (χ0n) is 16.6. The third kappa shape index (κ3) is 6.06. The van der Waals surface area contributed by atoms with Crippen LogP contribution < -0.4 is 19.5 Å². The second-order valence-electron chi connectivity index (χ2n) is 6.26. The van der Waals surface area contributed by atoms with Gasteiger partial charge < -0.3 is 14.8 Å². The maximum absolute atomic E-state index is 12.7. The maximum Gasteiger partial charge on any atom is 0.321 e. The number of ether oxygens (including phenoxy) is 2. The number of hydrogen-bond acceptors (Lipinski definition) is 7. The van der Waals surface area contributed by atoms with Crippen molar-refractivity contribution in [2.75, 3.05) is 24.3 Å². The number of methoxy groups -OCH3 is 2. The number of carbonyl (C=O) groups excluding carboxylic acids is 1. The van der Waals surface area contributed by atoms with Gasteiger partial charge in [0.25, 0.3) is 10.0 Å². The van der Waals surface area contributed by atoms with Crippen molar-refractivity contribution in [3.8, 4) is 11.9 Å². The molecule has 0 aliphatic carbocycles. The Morgan fingerprint density at radius 1 is 1.00 bits per heavy atom. The Balaban J connectivity index is 1.68. The Morgan fingerprint density at radius 3 is 2.29 bits per heavy atom. The summed E-state index contributed by atoms with van der Waals surface area (Å²) in [7, 11) is -1.19. The number of carbonyl (C=O) groups is 1. The van der Waals surface area contributed by atoms with Crippen LogP contribution in [-0.2, 0) is 21.2 Å². The normalized spacial score (nSPS) is 10.9. The molecule has 3 rings (SSSR count). The second-order valence-corrected chi connectivity index (χ2v) is 8.38. The van der Waals surface area contributed by atoms with Gasteiger partial charge in [-0.2, -0.15) is 9.97 Å². The van der Waals surface area contributed by atoms with Crippen LogP contribution in [0, 0.1) is 0 Å². The molecule has 0 saturated heterocycles. The number of hydrogen-bond donors (Lipinski definition) is 2. The van der Waals surface area contributed by atoms with Gasteiger partial charge in [-0.3, -0.25) is 9.52 Å². The van der Waals surface area contributed by atoms with E-state index in [4.69, 9.17) is 21.1 Å². The standard InChI is InChI=1S/C20H19ClN4O5S/c1-29-19-12-17(23-20(24-19)30-2)25-31(27,28)16-9-7-15(8-10-16)22-18(26)11-13-3-5-14(21)6-4-13/h3-10,12H,11H2,1-2H3,(H,22,26)(H,23,24,25). The Morgan fingerprint density at radius 2 is 1.68 bits per heavy atom. The summed E-state index contributed by atoms with van der Waals surface area (Å²) >= 11 is 5.84. The van der Waals surface area contributed by atoms with E-state index in [-0.39, 0.29) is 34.9 Å². The minimum Gasteiger partial charge on any atom is -0.481 e. The third-order valence-corrected chi connectivity index (χ3v) is 5.66. The minimum atomic E-state index is -3.94. The molecule has 1 aromatic heterocycles. The summed E-state index contributed by atoms with van der Waals surface area (Å²) in [5.74, 6) is -0.108. The molecule has 0 unspecified atom stereocenters. The number of nitrogens with zero attached hydrogens (tertiary/aromatic N) is 2. The van der Waals surface area contributed by atoms with E-state index >= 15 is 0 Å². The van der Waals surface area contributed by atoms with E-state index in [1.165, 1.54) is 44.6 Å². The van der Waals surface area contributed by atoms with E-state index < -0.39 is 10.0 Å². The fraction of sp³-hybridized carbons (Fsp3) is 0.150. The van der Waals surface area contributed by atoms with Crippen LogP contribution in [-0.4, -0.2) is 38.5 Å². The molecule has 0 fully saturated rings. The van der Waals surface area contributed by atoms with E-state index in [1.54, 1.807) is 24.3 Å². The fourth-order valence-corrected chi connectivity index (χ4v) is 3.68. The lowest BCUT2D eigenvalue weighted by Gasteiger charge is -2.10. The molecule has 1 heterocycles. The molecule has 9 nitrogen and oxygen atoms in total. The van der Waals surface area contributed by atoms with Crippen molar-refractivity contribution in [1.82, 2.24) is 9.97 Å². The Labute approximate surface area is 184 Å². The molecule has 11 heteroatoms. The molecule has 31 heavy (non-hydrogen) atoms. The Hall–Kier alpha value is -3.37. The van der Waals surface area contributed by atoms with Gasteiger partial charge in [0.15, 0.2) is 5.82 Å². The van der Waals surface area contributed by atoms with E-state index in [0.29, 0.717) is 10.7 Å². The van der Waals surface area contributed by atoms with Gasteiger partial charge in [0.05, 0.1) is 25.5 Å². The van der Waals surface area contributed by atoms with E-state index in [0.717, 1.165) is 5.56 Å². The number of amides is 1. The van der Waals surface area contributed by atoms with Crippen LogP contribution >= 0.6 is 11.6 Å². The molecule has 2 N–H and O–H groups in total. The number of sulfonamides is 1. The summed E-state index contributed by atoms with van der Waals surface area (Å²) in [6.07, 6.45) is 0.163. The van der Waals surface area contributed by atoms with Crippen molar-refractivity contribution in [1.29, 1.82) is 0 Å². The van der Waals surface area contributed by atoms with E-state index in [2.05, 4.69) is 20.0 Å². The van der Waals surface area contributed by atoms with Crippen molar-refractivity contribution >= 4 is 39.0 Å². The smallest absolute Gasteiger partial charge is 0.321 e. The average Bonchev–Trinajstić information content (AvgIpc) is 2.75. The van der Waals surface area contributed by atoms with Crippen LogP contribution in [0.2, 0.25) is 5.02 Å². The maximum atomic E-state index is 12.7. The lowest BCUT2D eigenvalue weighted by atomic mass is 10.1. The number of aromatic nitrogens is 2. The highest BCUT2D eigenvalue weighted by molar-refractivity contribution is 7.92. The van der Waals surface area contributed by atoms with Gasteiger partial charge >= 0.3 is 6.01 Å². The molecule has 1 amide bonds. The SMILES string of the molecule is COc1cc(NS(=O)(=O)c2ccc(NC(=O)Cc3ccc(Cl)cc3)cc2)nc(OC)n1. The number of nitrogens with one attached hydrogen (secondary N) is 2. The Kier molecular flexibility index (Phi) is 6.93. The van der Waals surface area contributed by atoms with E-state index in [9.17, 15) is 13.2 Å². The van der Waals surface area contributed by atoms with Gasteiger partial charge in [-0.15, -0.1) is 0 Å². The lowest BCUT2D eigenvalue weighted by Crippen LogP contribution is -2.16. The van der Waals surface area contributed by atoms with Crippen molar-refractivity contribution in [2.45, 2.75) is 11.3 Å².